The second kappa shape index (κ2) is 11.4. The lowest BCUT2D eigenvalue weighted by Gasteiger charge is -2.27. The van der Waals surface area contributed by atoms with Gasteiger partial charge in [0.1, 0.15) is 5.75 Å². The van der Waals surface area contributed by atoms with E-state index in [0.29, 0.717) is 5.41 Å². The van der Waals surface area contributed by atoms with Crippen LogP contribution in [0.3, 0.4) is 0 Å². The Balaban J connectivity index is 2.08. The molecule has 148 valence electrons. The highest BCUT2D eigenvalue weighted by atomic mass is 16.7. The van der Waals surface area contributed by atoms with Gasteiger partial charge in [0, 0.05) is 13.8 Å². The van der Waals surface area contributed by atoms with Gasteiger partial charge in [0.05, 0.1) is 6.61 Å². The van der Waals surface area contributed by atoms with Gasteiger partial charge in [-0.3, -0.25) is 0 Å². The van der Waals surface area contributed by atoms with Crippen LogP contribution in [0.4, 0.5) is 0 Å². The van der Waals surface area contributed by atoms with Gasteiger partial charge in [-0.15, -0.1) is 0 Å². The minimum Gasteiger partial charge on any atom is -0.463 e. The molecule has 2 nitrogen and oxygen atoms in total. The molecular weight excluding hydrogens is 320 g/mol. The molecule has 1 rings (SSSR count). The Morgan fingerprint density at radius 1 is 0.885 bits per heavy atom. The number of benzene rings is 1. The van der Waals surface area contributed by atoms with Crippen LogP contribution in [0, 0.1) is 5.41 Å². The highest BCUT2D eigenvalue weighted by Gasteiger charge is 2.20. The van der Waals surface area contributed by atoms with E-state index < -0.39 is 5.79 Å². The minimum absolute atomic E-state index is 0.485. The molecule has 26 heavy (non-hydrogen) atoms. The molecule has 0 fully saturated rings. The molecule has 0 unspecified atom stereocenters. The summed E-state index contributed by atoms with van der Waals surface area (Å²) >= 11 is 0. The number of hydrogen-bond acceptors (Lipinski definition) is 2. The smallest absolute Gasteiger partial charge is 0.204 e. The quantitative estimate of drug-likeness (QED) is 0.266. The lowest BCUT2D eigenvalue weighted by Crippen LogP contribution is -2.32. The molecule has 0 aliphatic heterocycles. The summed E-state index contributed by atoms with van der Waals surface area (Å²) in [6.45, 7) is 15.5. The summed E-state index contributed by atoms with van der Waals surface area (Å²) < 4.78 is 11.9. The Bertz CT molecular complexity index is 511. The van der Waals surface area contributed by atoms with Crippen molar-refractivity contribution in [3.63, 3.8) is 0 Å². The van der Waals surface area contributed by atoms with Gasteiger partial charge >= 0.3 is 0 Å². The van der Waals surface area contributed by atoms with E-state index in [1.54, 1.807) is 0 Å². The zero-order valence-corrected chi connectivity index (χ0v) is 17.8. The molecular formula is C24H40O2. The summed E-state index contributed by atoms with van der Waals surface area (Å²) in [6, 6.07) is 7.93. The van der Waals surface area contributed by atoms with Gasteiger partial charge in [0.25, 0.3) is 0 Å². The van der Waals surface area contributed by atoms with Crippen LogP contribution >= 0.6 is 0 Å². The van der Waals surface area contributed by atoms with Crippen molar-refractivity contribution in [3.8, 4) is 5.75 Å². The van der Waals surface area contributed by atoms with Crippen molar-refractivity contribution in [1.82, 2.24) is 0 Å². The number of ether oxygens (including phenoxy) is 2. The van der Waals surface area contributed by atoms with Crippen LogP contribution < -0.4 is 4.74 Å². The van der Waals surface area contributed by atoms with Crippen LogP contribution in [0.1, 0.15) is 91.5 Å². The molecule has 2 heteroatoms. The van der Waals surface area contributed by atoms with Crippen molar-refractivity contribution in [2.24, 2.45) is 5.41 Å². The first-order chi connectivity index (χ1) is 12.2. The Labute approximate surface area is 162 Å². The zero-order valence-electron chi connectivity index (χ0n) is 17.8. The maximum atomic E-state index is 5.97. The summed E-state index contributed by atoms with van der Waals surface area (Å²) in [6.07, 6.45) is 12.3. The van der Waals surface area contributed by atoms with E-state index in [1.807, 2.05) is 44.2 Å². The standard InChI is InChI=1S/C24H40O2/c1-7-21-16-15-17-22(20-21)26-24(5,6)25-19-14-12-10-8-9-11-13-18-23(2,3)4/h7,15-17,20H,1,8-14,18-19H2,2-6H3. The molecule has 1 aromatic rings. The Hall–Kier alpha value is -1.28. The monoisotopic (exact) mass is 360 g/mol. The van der Waals surface area contributed by atoms with Gasteiger partial charge in [-0.25, -0.2) is 0 Å². The van der Waals surface area contributed by atoms with Crippen molar-refractivity contribution in [3.05, 3.63) is 36.4 Å². The first-order valence-electron chi connectivity index (χ1n) is 10.3. The van der Waals surface area contributed by atoms with Crippen LogP contribution in [-0.4, -0.2) is 12.4 Å². The van der Waals surface area contributed by atoms with Gasteiger partial charge in [-0.2, -0.15) is 0 Å². The molecule has 0 spiro atoms. The summed E-state index contributed by atoms with van der Waals surface area (Å²) in [7, 11) is 0. The van der Waals surface area contributed by atoms with Crippen molar-refractivity contribution in [2.75, 3.05) is 6.61 Å². The van der Waals surface area contributed by atoms with Crippen molar-refractivity contribution in [2.45, 2.75) is 91.8 Å². The van der Waals surface area contributed by atoms with Crippen molar-refractivity contribution in [1.29, 1.82) is 0 Å². The van der Waals surface area contributed by atoms with Crippen molar-refractivity contribution >= 4 is 6.08 Å². The summed E-state index contributed by atoms with van der Waals surface area (Å²) in [5.41, 5.74) is 1.54. The molecule has 0 heterocycles. The highest BCUT2D eigenvalue weighted by Crippen LogP contribution is 2.23. The van der Waals surface area contributed by atoms with E-state index in [-0.39, 0.29) is 0 Å². The molecule has 0 aliphatic rings. The Morgan fingerprint density at radius 2 is 1.50 bits per heavy atom. The third-order valence-electron chi connectivity index (χ3n) is 4.48. The number of rotatable bonds is 13. The van der Waals surface area contributed by atoms with Gasteiger partial charge in [0.2, 0.25) is 5.79 Å². The van der Waals surface area contributed by atoms with E-state index in [4.69, 9.17) is 9.47 Å². The first kappa shape index (κ1) is 22.8. The molecule has 1 aromatic carbocycles. The molecule has 0 N–H and O–H groups in total. The zero-order chi connectivity index (χ0) is 19.5. The predicted octanol–water partition coefficient (Wildman–Crippen LogP) is 7.63. The average Bonchev–Trinajstić information content (AvgIpc) is 2.55. The van der Waals surface area contributed by atoms with Crippen LogP contribution in [-0.2, 0) is 4.74 Å². The molecule has 0 saturated carbocycles. The fourth-order valence-electron chi connectivity index (χ4n) is 2.98. The first-order valence-corrected chi connectivity index (χ1v) is 10.3. The van der Waals surface area contributed by atoms with Gasteiger partial charge < -0.3 is 9.47 Å². The number of unbranched alkanes of at least 4 members (excludes halogenated alkanes) is 6. The van der Waals surface area contributed by atoms with Crippen LogP contribution in [0.2, 0.25) is 0 Å². The lowest BCUT2D eigenvalue weighted by atomic mass is 9.89. The third kappa shape index (κ3) is 11.4. The molecule has 0 bridgehead atoms. The average molecular weight is 361 g/mol. The molecule has 0 amide bonds. The van der Waals surface area contributed by atoms with Gasteiger partial charge in [0.15, 0.2) is 0 Å². The molecule has 0 atom stereocenters. The van der Waals surface area contributed by atoms with E-state index in [9.17, 15) is 0 Å². The van der Waals surface area contributed by atoms with E-state index >= 15 is 0 Å². The SMILES string of the molecule is C=Cc1cccc(OC(C)(C)OCCCCCCCCCC(C)(C)C)c1. The molecule has 0 aromatic heterocycles. The van der Waals surface area contributed by atoms with Crippen molar-refractivity contribution < 1.29 is 9.47 Å². The maximum absolute atomic E-state index is 5.97. The van der Waals surface area contributed by atoms with Crippen LogP contribution in [0.15, 0.2) is 30.8 Å². The van der Waals surface area contributed by atoms with Crippen LogP contribution in [0.5, 0.6) is 5.75 Å². The molecule has 0 radical (unpaired) electrons. The topological polar surface area (TPSA) is 18.5 Å². The van der Waals surface area contributed by atoms with Gasteiger partial charge in [-0.05, 0) is 36.0 Å². The Morgan fingerprint density at radius 3 is 2.12 bits per heavy atom. The fourth-order valence-corrected chi connectivity index (χ4v) is 2.98. The largest absolute Gasteiger partial charge is 0.463 e. The van der Waals surface area contributed by atoms with E-state index in [1.165, 1.54) is 44.9 Å². The summed E-state index contributed by atoms with van der Waals surface area (Å²) in [4.78, 5) is 0. The second-order valence-corrected chi connectivity index (χ2v) is 8.91. The maximum Gasteiger partial charge on any atom is 0.204 e. The fraction of sp³-hybridized carbons (Fsp3) is 0.667. The minimum atomic E-state index is -0.604. The molecule has 0 aliphatic carbocycles. The van der Waals surface area contributed by atoms with Gasteiger partial charge in [-0.1, -0.05) is 84.1 Å². The lowest BCUT2D eigenvalue weighted by molar-refractivity contribution is -0.156. The second-order valence-electron chi connectivity index (χ2n) is 8.91. The van der Waals surface area contributed by atoms with Crippen LogP contribution in [0.25, 0.3) is 6.08 Å². The third-order valence-corrected chi connectivity index (χ3v) is 4.48. The number of hydrogen-bond donors (Lipinski definition) is 0. The summed E-state index contributed by atoms with van der Waals surface area (Å²) in [5, 5.41) is 0. The normalized spacial score (nSPS) is 12.2. The highest BCUT2D eigenvalue weighted by molar-refractivity contribution is 5.49. The van der Waals surface area contributed by atoms with E-state index in [0.717, 1.165) is 24.3 Å². The summed E-state index contributed by atoms with van der Waals surface area (Å²) in [5.74, 6) is 0.217. The predicted molar refractivity (Wildman–Crippen MR) is 114 cm³/mol. The van der Waals surface area contributed by atoms with E-state index in [2.05, 4.69) is 27.4 Å². The molecule has 0 saturated heterocycles. The Kier molecular flexibility index (Phi) is 10.0.